The third kappa shape index (κ3) is 8.47. The molecule has 0 aliphatic rings. The van der Waals surface area contributed by atoms with Crippen molar-refractivity contribution in [3.8, 4) is 0 Å². The van der Waals surface area contributed by atoms with Crippen molar-refractivity contribution in [2.45, 2.75) is 36.6 Å². The van der Waals surface area contributed by atoms with Gasteiger partial charge in [0.2, 0.25) is 0 Å². The van der Waals surface area contributed by atoms with Crippen molar-refractivity contribution in [3.05, 3.63) is 0 Å². The van der Waals surface area contributed by atoms with Gasteiger partial charge in [0.15, 0.2) is 6.29 Å². The molecule has 6 atom stereocenters. The van der Waals surface area contributed by atoms with Crippen molar-refractivity contribution in [2.24, 2.45) is 0 Å². The average molecular weight is 302 g/mol. The van der Waals surface area contributed by atoms with Crippen LogP contribution in [0.1, 0.15) is 0 Å². The van der Waals surface area contributed by atoms with Crippen LogP contribution in [0.15, 0.2) is 0 Å². The first-order valence-corrected chi connectivity index (χ1v) is 5.62. The first-order chi connectivity index (χ1) is 9.26. The predicted molar refractivity (Wildman–Crippen MR) is 63.4 cm³/mol. The summed E-state index contributed by atoms with van der Waals surface area (Å²) in [6.45, 7) is -1.97. The van der Waals surface area contributed by atoms with E-state index < -0.39 is 56.4 Å². The Labute approximate surface area is 114 Å². The van der Waals surface area contributed by atoms with Crippen LogP contribution in [0.4, 0.5) is 0 Å². The molecule has 0 aromatic heterocycles. The van der Waals surface area contributed by atoms with E-state index in [0.717, 1.165) is 0 Å². The molecular formula is C10H22O10. The fraction of sp³-hybridized carbons (Fsp3) is 0.900. The fourth-order valence-electron chi connectivity index (χ4n) is 0.889. The minimum Gasteiger partial charge on any atom is -0.394 e. The second-order valence-corrected chi connectivity index (χ2v) is 3.86. The first kappa shape index (κ1) is 21.6. The van der Waals surface area contributed by atoms with E-state index in [1.54, 1.807) is 0 Å². The standard InChI is InChI=1S/C5H12O5.C5H10O5/c2*6-1-3(8)5(10)4(9)2-7/h3-10H,1-2H2;1,3-5,7-10H,2H2/t3-,4+,5?;3-,4+,5+/m.1/s1. The van der Waals surface area contributed by atoms with Crippen molar-refractivity contribution in [3.63, 3.8) is 0 Å². The summed E-state index contributed by atoms with van der Waals surface area (Å²) >= 11 is 0. The SMILES string of the molecule is O=C[C@@H](O)[C@H](O)[C@@H](O)CO.OC[C@@H](O)C(O)[C@@H](O)CO. The van der Waals surface area contributed by atoms with E-state index in [1.807, 2.05) is 0 Å². The summed E-state index contributed by atoms with van der Waals surface area (Å²) < 4.78 is 0. The molecule has 0 radical (unpaired) electrons. The fourth-order valence-corrected chi connectivity index (χ4v) is 0.889. The first-order valence-electron chi connectivity index (χ1n) is 5.62. The number of aliphatic hydroxyl groups is 9. The van der Waals surface area contributed by atoms with E-state index >= 15 is 0 Å². The predicted octanol–water partition coefficient (Wildman–Crippen LogP) is -5.69. The Balaban J connectivity index is 0. The van der Waals surface area contributed by atoms with E-state index in [1.165, 1.54) is 0 Å². The summed E-state index contributed by atoms with van der Waals surface area (Å²) in [4.78, 5) is 9.76. The van der Waals surface area contributed by atoms with Crippen LogP contribution in [0.25, 0.3) is 0 Å². The van der Waals surface area contributed by atoms with E-state index in [2.05, 4.69) is 0 Å². The number of aliphatic hydroxyl groups excluding tert-OH is 9. The Kier molecular flexibility index (Phi) is 13.1. The molecule has 1 unspecified atom stereocenters. The normalized spacial score (nSPS) is 19.9. The summed E-state index contributed by atoms with van der Waals surface area (Å²) in [7, 11) is 0. The second-order valence-electron chi connectivity index (χ2n) is 3.86. The van der Waals surface area contributed by atoms with E-state index in [9.17, 15) is 4.79 Å². The Morgan fingerprint density at radius 3 is 1.20 bits per heavy atom. The van der Waals surface area contributed by atoms with Gasteiger partial charge in [0, 0.05) is 0 Å². The molecule has 10 nitrogen and oxygen atoms in total. The molecule has 10 heteroatoms. The largest absolute Gasteiger partial charge is 0.394 e. The molecule has 0 saturated carbocycles. The van der Waals surface area contributed by atoms with Crippen LogP contribution in [0.2, 0.25) is 0 Å². The van der Waals surface area contributed by atoms with Gasteiger partial charge in [0.1, 0.15) is 36.6 Å². The molecule has 0 aromatic rings. The number of carbonyl (C=O) groups is 1. The maximum atomic E-state index is 9.76. The van der Waals surface area contributed by atoms with Gasteiger partial charge in [-0.3, -0.25) is 0 Å². The average Bonchev–Trinajstić information content (AvgIpc) is 2.50. The maximum absolute atomic E-state index is 9.76. The van der Waals surface area contributed by atoms with Crippen LogP contribution in [0, 0.1) is 0 Å². The zero-order valence-electron chi connectivity index (χ0n) is 10.6. The highest BCUT2D eigenvalue weighted by Gasteiger charge is 2.23. The quantitative estimate of drug-likeness (QED) is 0.195. The van der Waals surface area contributed by atoms with E-state index in [-0.39, 0.29) is 6.29 Å². The van der Waals surface area contributed by atoms with Crippen molar-refractivity contribution in [1.82, 2.24) is 0 Å². The third-order valence-electron chi connectivity index (χ3n) is 2.23. The lowest BCUT2D eigenvalue weighted by Crippen LogP contribution is -2.41. The summed E-state index contributed by atoms with van der Waals surface area (Å²) in [6, 6.07) is 0. The van der Waals surface area contributed by atoms with Crippen LogP contribution < -0.4 is 0 Å². The molecule has 0 aliphatic carbocycles. The molecule has 0 amide bonds. The summed E-state index contributed by atoms with van der Waals surface area (Å²) in [5, 5.41) is 76.6. The Morgan fingerprint density at radius 1 is 0.650 bits per heavy atom. The molecule has 0 spiro atoms. The zero-order chi connectivity index (χ0) is 16.3. The van der Waals surface area contributed by atoms with Gasteiger partial charge in [-0.15, -0.1) is 0 Å². The lowest BCUT2D eigenvalue weighted by atomic mass is 10.1. The van der Waals surface area contributed by atoms with E-state index in [4.69, 9.17) is 46.0 Å². The van der Waals surface area contributed by atoms with Gasteiger partial charge in [-0.1, -0.05) is 0 Å². The van der Waals surface area contributed by atoms with Crippen LogP contribution in [-0.2, 0) is 4.79 Å². The lowest BCUT2D eigenvalue weighted by molar-refractivity contribution is -0.127. The Hall–Kier alpha value is -0.690. The van der Waals surface area contributed by atoms with Gasteiger partial charge in [-0.05, 0) is 0 Å². The molecule has 20 heavy (non-hydrogen) atoms. The highest BCUT2D eigenvalue weighted by Crippen LogP contribution is 1.98. The summed E-state index contributed by atoms with van der Waals surface area (Å²) in [5.41, 5.74) is 0. The number of hydrogen-bond donors (Lipinski definition) is 9. The number of rotatable bonds is 8. The Bertz CT molecular complexity index is 228. The van der Waals surface area contributed by atoms with Crippen molar-refractivity contribution in [2.75, 3.05) is 19.8 Å². The molecule has 0 saturated heterocycles. The highest BCUT2D eigenvalue weighted by atomic mass is 16.4. The van der Waals surface area contributed by atoms with E-state index in [0.29, 0.717) is 0 Å². The second kappa shape index (κ2) is 12.1. The molecule has 0 fully saturated rings. The monoisotopic (exact) mass is 302 g/mol. The molecule has 9 N–H and O–H groups in total. The molecule has 0 aliphatic heterocycles. The molecule has 0 bridgehead atoms. The third-order valence-corrected chi connectivity index (χ3v) is 2.23. The summed E-state index contributed by atoms with van der Waals surface area (Å²) in [6.07, 6.45) is -8.92. The molecule has 122 valence electrons. The van der Waals surface area contributed by atoms with Gasteiger partial charge >= 0.3 is 0 Å². The molecule has 0 rings (SSSR count). The minimum absolute atomic E-state index is 0.0869. The van der Waals surface area contributed by atoms with Crippen LogP contribution in [0.3, 0.4) is 0 Å². The molecular weight excluding hydrogens is 280 g/mol. The smallest absolute Gasteiger partial charge is 0.151 e. The minimum atomic E-state index is -1.64. The number of aldehydes is 1. The number of hydrogen-bond acceptors (Lipinski definition) is 10. The molecule has 0 heterocycles. The van der Waals surface area contributed by atoms with Gasteiger partial charge in [0.25, 0.3) is 0 Å². The van der Waals surface area contributed by atoms with Crippen LogP contribution >= 0.6 is 0 Å². The van der Waals surface area contributed by atoms with Gasteiger partial charge in [-0.2, -0.15) is 0 Å². The van der Waals surface area contributed by atoms with Gasteiger partial charge in [0.05, 0.1) is 19.8 Å². The number of carbonyl (C=O) groups excluding carboxylic acids is 1. The van der Waals surface area contributed by atoms with Crippen LogP contribution in [0.5, 0.6) is 0 Å². The van der Waals surface area contributed by atoms with Crippen molar-refractivity contribution >= 4 is 6.29 Å². The zero-order valence-corrected chi connectivity index (χ0v) is 10.6. The highest BCUT2D eigenvalue weighted by molar-refractivity contribution is 5.56. The molecule has 0 aromatic carbocycles. The van der Waals surface area contributed by atoms with Gasteiger partial charge in [-0.25, -0.2) is 0 Å². The van der Waals surface area contributed by atoms with Crippen molar-refractivity contribution < 1.29 is 50.8 Å². The van der Waals surface area contributed by atoms with Crippen molar-refractivity contribution in [1.29, 1.82) is 0 Å². The Morgan fingerprint density at radius 2 is 0.950 bits per heavy atom. The maximum Gasteiger partial charge on any atom is 0.151 e. The topological polar surface area (TPSA) is 199 Å². The van der Waals surface area contributed by atoms with Crippen LogP contribution in [-0.4, -0.2) is 109 Å². The van der Waals surface area contributed by atoms with Gasteiger partial charge < -0.3 is 50.8 Å². The summed E-state index contributed by atoms with van der Waals surface area (Å²) in [5.74, 6) is 0. The lowest BCUT2D eigenvalue weighted by Gasteiger charge is -2.19.